The van der Waals surface area contributed by atoms with Gasteiger partial charge in [-0.25, -0.2) is 0 Å². The highest BCUT2D eigenvalue weighted by Crippen LogP contribution is 2.24. The van der Waals surface area contributed by atoms with Gasteiger partial charge in [0.05, 0.1) is 18.7 Å². The minimum Gasteiger partial charge on any atom is -0.496 e. The van der Waals surface area contributed by atoms with E-state index in [0.29, 0.717) is 17.3 Å². The van der Waals surface area contributed by atoms with Gasteiger partial charge in [0.1, 0.15) is 10.7 Å². The van der Waals surface area contributed by atoms with Gasteiger partial charge in [-0.2, -0.15) is 0 Å². The molecule has 6 heteroatoms. The van der Waals surface area contributed by atoms with Crippen molar-refractivity contribution in [3.8, 4) is 5.75 Å². The summed E-state index contributed by atoms with van der Waals surface area (Å²) in [6, 6.07) is 5.75. The first kappa shape index (κ1) is 15.7. The lowest BCUT2D eigenvalue weighted by atomic mass is 10.1. The summed E-state index contributed by atoms with van der Waals surface area (Å²) in [5.41, 5.74) is 7.55. The third kappa shape index (κ3) is 3.51. The average molecular weight is 307 g/mol. The van der Waals surface area contributed by atoms with Gasteiger partial charge in [-0.3, -0.25) is 9.69 Å². The number of likely N-dealkylation sites (N-methyl/N-ethyl adjacent to an activating group) is 1. The summed E-state index contributed by atoms with van der Waals surface area (Å²) < 4.78 is 5.26. The number of nitrogens with one attached hydrogen (secondary N) is 1. The Labute approximate surface area is 130 Å². The fraction of sp³-hybridized carbons (Fsp3) is 0.467. The van der Waals surface area contributed by atoms with Gasteiger partial charge in [-0.1, -0.05) is 18.3 Å². The van der Waals surface area contributed by atoms with E-state index >= 15 is 0 Å². The molecule has 0 bridgehead atoms. The van der Waals surface area contributed by atoms with Gasteiger partial charge >= 0.3 is 0 Å². The zero-order valence-electron chi connectivity index (χ0n) is 12.4. The van der Waals surface area contributed by atoms with Crippen LogP contribution in [0.15, 0.2) is 18.2 Å². The zero-order chi connectivity index (χ0) is 15.4. The molecule has 1 aliphatic heterocycles. The number of carbonyl (C=O) groups excluding carboxylic acids is 1. The quantitative estimate of drug-likeness (QED) is 0.796. The summed E-state index contributed by atoms with van der Waals surface area (Å²) in [7, 11) is 3.27. The fourth-order valence-corrected chi connectivity index (χ4v) is 2.92. The van der Waals surface area contributed by atoms with E-state index in [4.69, 9.17) is 22.7 Å². The number of rotatable bonds is 5. The normalized spacial score (nSPS) is 18.5. The second-order valence-corrected chi connectivity index (χ2v) is 5.58. The van der Waals surface area contributed by atoms with Gasteiger partial charge in [0, 0.05) is 13.6 Å². The molecule has 5 nitrogen and oxygen atoms in total. The van der Waals surface area contributed by atoms with E-state index < -0.39 is 0 Å². The molecule has 0 saturated carbocycles. The maximum absolute atomic E-state index is 11.9. The Hall–Kier alpha value is -1.66. The molecule has 114 valence electrons. The van der Waals surface area contributed by atoms with Crippen LogP contribution in [0.5, 0.6) is 5.75 Å². The summed E-state index contributed by atoms with van der Waals surface area (Å²) in [4.78, 5) is 14.4. The summed E-state index contributed by atoms with van der Waals surface area (Å²) in [6.45, 7) is 1.63. The van der Waals surface area contributed by atoms with Crippen LogP contribution in [-0.4, -0.2) is 42.5 Å². The summed E-state index contributed by atoms with van der Waals surface area (Å²) in [5.74, 6) is 0.756. The van der Waals surface area contributed by atoms with Crippen molar-refractivity contribution in [2.45, 2.75) is 25.4 Å². The van der Waals surface area contributed by atoms with Gasteiger partial charge in [0.15, 0.2) is 0 Å². The minimum atomic E-state index is -0.0506. The number of amides is 1. The first-order valence-corrected chi connectivity index (χ1v) is 7.40. The lowest BCUT2D eigenvalue weighted by Gasteiger charge is -2.23. The van der Waals surface area contributed by atoms with Gasteiger partial charge in [-0.05, 0) is 37.1 Å². The molecule has 3 N–H and O–H groups in total. The predicted octanol–water partition coefficient (Wildman–Crippen LogP) is 1.04. The smallest absolute Gasteiger partial charge is 0.237 e. The van der Waals surface area contributed by atoms with Crippen LogP contribution in [0.4, 0.5) is 0 Å². The lowest BCUT2D eigenvalue weighted by Crippen LogP contribution is -2.41. The Morgan fingerprint density at radius 2 is 2.33 bits per heavy atom. The maximum atomic E-state index is 11.9. The van der Waals surface area contributed by atoms with Crippen molar-refractivity contribution in [2.75, 3.05) is 20.7 Å². The van der Waals surface area contributed by atoms with Gasteiger partial charge in [-0.15, -0.1) is 0 Å². The Bertz CT molecular complexity index is 548. The van der Waals surface area contributed by atoms with E-state index in [1.807, 2.05) is 18.2 Å². The van der Waals surface area contributed by atoms with Crippen LogP contribution in [0.1, 0.15) is 24.0 Å². The van der Waals surface area contributed by atoms with Crippen molar-refractivity contribution in [1.82, 2.24) is 10.2 Å². The van der Waals surface area contributed by atoms with Crippen molar-refractivity contribution >= 4 is 23.1 Å². The molecular formula is C15H21N3O2S. The summed E-state index contributed by atoms with van der Waals surface area (Å²) >= 11 is 5.06. The molecule has 1 atom stereocenters. The van der Waals surface area contributed by atoms with Crippen LogP contribution < -0.4 is 15.8 Å². The molecule has 1 aromatic rings. The first-order valence-electron chi connectivity index (χ1n) is 6.99. The van der Waals surface area contributed by atoms with Crippen LogP contribution >= 0.6 is 12.2 Å². The molecule has 0 aliphatic carbocycles. The summed E-state index contributed by atoms with van der Waals surface area (Å²) in [5, 5.41) is 2.73. The molecule has 1 fully saturated rings. The van der Waals surface area contributed by atoms with Crippen molar-refractivity contribution in [2.24, 2.45) is 5.73 Å². The highest BCUT2D eigenvalue weighted by atomic mass is 32.1. The molecule has 1 amide bonds. The number of benzene rings is 1. The largest absolute Gasteiger partial charge is 0.496 e. The van der Waals surface area contributed by atoms with E-state index in [2.05, 4.69) is 10.2 Å². The standard InChI is InChI=1S/C15H21N3O2S/c1-17-15(19)12-4-3-7-18(12)9-10-5-6-13(20-2)11(8-10)14(16)21/h5-6,8,12H,3-4,7,9H2,1-2H3,(H2,16,21)(H,17,19). The SMILES string of the molecule is CNC(=O)C1CCCN1Cc1ccc(OC)c(C(N)=S)c1. The molecular weight excluding hydrogens is 286 g/mol. The van der Waals surface area contributed by atoms with Crippen molar-refractivity contribution in [3.05, 3.63) is 29.3 Å². The zero-order valence-corrected chi connectivity index (χ0v) is 13.2. The lowest BCUT2D eigenvalue weighted by molar-refractivity contribution is -0.125. The van der Waals surface area contributed by atoms with Crippen LogP contribution in [0.25, 0.3) is 0 Å². The highest BCUT2D eigenvalue weighted by molar-refractivity contribution is 7.80. The molecule has 1 aromatic carbocycles. The van der Waals surface area contributed by atoms with Gasteiger partial charge in [0.2, 0.25) is 5.91 Å². The number of likely N-dealkylation sites (tertiary alicyclic amines) is 1. The third-order valence-corrected chi connectivity index (χ3v) is 4.05. The monoisotopic (exact) mass is 307 g/mol. The molecule has 21 heavy (non-hydrogen) atoms. The third-order valence-electron chi connectivity index (χ3n) is 3.83. The van der Waals surface area contributed by atoms with Crippen molar-refractivity contribution in [1.29, 1.82) is 0 Å². The van der Waals surface area contributed by atoms with Gasteiger partial charge < -0.3 is 15.8 Å². The highest BCUT2D eigenvalue weighted by Gasteiger charge is 2.29. The second kappa shape index (κ2) is 6.87. The number of hydrogen-bond donors (Lipinski definition) is 2. The van der Waals surface area contributed by atoms with Crippen LogP contribution in [0.2, 0.25) is 0 Å². The predicted molar refractivity (Wildman–Crippen MR) is 86.4 cm³/mol. The number of nitrogens with two attached hydrogens (primary N) is 1. The average Bonchev–Trinajstić information content (AvgIpc) is 2.94. The Balaban J connectivity index is 2.17. The number of hydrogen-bond acceptors (Lipinski definition) is 4. The molecule has 0 aromatic heterocycles. The summed E-state index contributed by atoms with van der Waals surface area (Å²) in [6.07, 6.45) is 1.94. The van der Waals surface area contributed by atoms with E-state index in [1.54, 1.807) is 14.2 Å². The molecule has 1 heterocycles. The Morgan fingerprint density at radius 1 is 1.57 bits per heavy atom. The molecule has 1 unspecified atom stereocenters. The number of methoxy groups -OCH3 is 1. The van der Waals surface area contributed by atoms with Crippen molar-refractivity contribution in [3.63, 3.8) is 0 Å². The first-order chi connectivity index (χ1) is 10.1. The Kier molecular flexibility index (Phi) is 5.14. The van der Waals surface area contributed by atoms with Crippen LogP contribution in [0.3, 0.4) is 0 Å². The number of ether oxygens (including phenoxy) is 1. The maximum Gasteiger partial charge on any atom is 0.237 e. The van der Waals surface area contributed by atoms with Crippen molar-refractivity contribution < 1.29 is 9.53 Å². The molecule has 0 spiro atoms. The van der Waals surface area contributed by atoms with E-state index in [0.717, 1.165) is 30.5 Å². The number of thiocarbonyl (C=S) groups is 1. The molecule has 1 saturated heterocycles. The van der Waals surface area contributed by atoms with E-state index in [-0.39, 0.29) is 11.9 Å². The minimum absolute atomic E-state index is 0.0506. The molecule has 2 rings (SSSR count). The second-order valence-electron chi connectivity index (χ2n) is 5.14. The van der Waals surface area contributed by atoms with Crippen LogP contribution in [-0.2, 0) is 11.3 Å². The fourth-order valence-electron chi connectivity index (χ4n) is 2.76. The van der Waals surface area contributed by atoms with Gasteiger partial charge in [0.25, 0.3) is 0 Å². The number of nitrogens with zero attached hydrogens (tertiary/aromatic N) is 1. The van der Waals surface area contributed by atoms with E-state index in [1.165, 1.54) is 0 Å². The Morgan fingerprint density at radius 3 is 2.95 bits per heavy atom. The number of carbonyl (C=O) groups is 1. The van der Waals surface area contributed by atoms with E-state index in [9.17, 15) is 4.79 Å². The molecule has 0 radical (unpaired) electrons. The molecule has 1 aliphatic rings. The topological polar surface area (TPSA) is 67.6 Å². The van der Waals surface area contributed by atoms with Crippen LogP contribution in [0, 0.1) is 0 Å².